The number of rotatable bonds is 3. The maximum absolute atomic E-state index is 12.7. The second kappa shape index (κ2) is 6.25. The van der Waals surface area contributed by atoms with Crippen LogP contribution in [0.2, 0.25) is 0 Å². The SMILES string of the molecule is O=C1C=C(c2ccccc2)OC12CCCN(Cc1ccccc1)C2. The number of hydrogen-bond acceptors (Lipinski definition) is 3. The number of ketones is 1. The van der Waals surface area contributed by atoms with Gasteiger partial charge >= 0.3 is 0 Å². The fourth-order valence-corrected chi connectivity index (χ4v) is 3.65. The summed E-state index contributed by atoms with van der Waals surface area (Å²) in [5, 5.41) is 0. The van der Waals surface area contributed by atoms with Crippen LogP contribution in [0.4, 0.5) is 0 Å². The monoisotopic (exact) mass is 319 g/mol. The third-order valence-electron chi connectivity index (χ3n) is 4.86. The number of hydrogen-bond donors (Lipinski definition) is 0. The largest absolute Gasteiger partial charge is 0.477 e. The Morgan fingerprint density at radius 3 is 2.46 bits per heavy atom. The zero-order valence-electron chi connectivity index (χ0n) is 13.7. The Labute approximate surface area is 142 Å². The third kappa shape index (κ3) is 2.87. The second-order valence-electron chi connectivity index (χ2n) is 6.64. The van der Waals surface area contributed by atoms with E-state index in [9.17, 15) is 4.79 Å². The minimum absolute atomic E-state index is 0.110. The quantitative estimate of drug-likeness (QED) is 0.864. The van der Waals surface area contributed by atoms with Gasteiger partial charge in [-0.3, -0.25) is 9.69 Å². The fourth-order valence-electron chi connectivity index (χ4n) is 3.65. The summed E-state index contributed by atoms with van der Waals surface area (Å²) >= 11 is 0. The minimum atomic E-state index is -0.696. The molecule has 1 atom stereocenters. The van der Waals surface area contributed by atoms with Crippen molar-refractivity contribution in [2.24, 2.45) is 0 Å². The number of carbonyl (C=O) groups is 1. The topological polar surface area (TPSA) is 29.5 Å². The number of nitrogens with zero attached hydrogens (tertiary/aromatic N) is 1. The maximum atomic E-state index is 12.7. The lowest BCUT2D eigenvalue weighted by molar-refractivity contribution is -0.134. The van der Waals surface area contributed by atoms with Crippen molar-refractivity contribution in [2.45, 2.75) is 25.0 Å². The summed E-state index contributed by atoms with van der Waals surface area (Å²) in [5.74, 6) is 0.821. The van der Waals surface area contributed by atoms with Crippen molar-refractivity contribution in [2.75, 3.05) is 13.1 Å². The molecule has 0 amide bonds. The summed E-state index contributed by atoms with van der Waals surface area (Å²) in [6.45, 7) is 2.53. The number of carbonyl (C=O) groups excluding carboxylic acids is 1. The maximum Gasteiger partial charge on any atom is 0.204 e. The molecule has 4 rings (SSSR count). The highest BCUT2D eigenvalue weighted by molar-refractivity contribution is 6.05. The van der Waals surface area contributed by atoms with Crippen molar-refractivity contribution >= 4 is 11.5 Å². The van der Waals surface area contributed by atoms with E-state index in [1.165, 1.54) is 5.56 Å². The molecular weight excluding hydrogens is 298 g/mol. The summed E-state index contributed by atoms with van der Waals surface area (Å²) in [7, 11) is 0. The highest BCUT2D eigenvalue weighted by Gasteiger charge is 2.47. The Hall–Kier alpha value is -2.39. The molecule has 0 radical (unpaired) electrons. The van der Waals surface area contributed by atoms with Crippen molar-refractivity contribution in [1.29, 1.82) is 0 Å². The lowest BCUT2D eigenvalue weighted by Gasteiger charge is -2.39. The van der Waals surface area contributed by atoms with Crippen LogP contribution in [0.15, 0.2) is 66.7 Å². The zero-order chi connectivity index (χ0) is 16.4. The van der Waals surface area contributed by atoms with Gasteiger partial charge in [0.2, 0.25) is 5.78 Å². The van der Waals surface area contributed by atoms with Gasteiger partial charge in [0.05, 0.1) is 0 Å². The number of likely N-dealkylation sites (tertiary alicyclic amines) is 1. The molecule has 0 N–H and O–H groups in total. The van der Waals surface area contributed by atoms with Crippen LogP contribution < -0.4 is 0 Å². The third-order valence-corrected chi connectivity index (χ3v) is 4.86. The van der Waals surface area contributed by atoms with Gasteiger partial charge in [0.15, 0.2) is 5.60 Å². The van der Waals surface area contributed by atoms with Crippen LogP contribution in [0.25, 0.3) is 5.76 Å². The molecule has 0 bridgehead atoms. The van der Waals surface area contributed by atoms with Crippen LogP contribution in [-0.2, 0) is 16.1 Å². The molecule has 0 saturated carbocycles. The molecule has 24 heavy (non-hydrogen) atoms. The Balaban J connectivity index is 1.50. The van der Waals surface area contributed by atoms with E-state index in [-0.39, 0.29) is 5.78 Å². The molecule has 0 aromatic heterocycles. The molecule has 3 heteroatoms. The first-order chi connectivity index (χ1) is 11.8. The second-order valence-corrected chi connectivity index (χ2v) is 6.64. The van der Waals surface area contributed by atoms with E-state index >= 15 is 0 Å². The van der Waals surface area contributed by atoms with Crippen LogP contribution in [0.1, 0.15) is 24.0 Å². The van der Waals surface area contributed by atoms with Crippen molar-refractivity contribution < 1.29 is 9.53 Å². The lowest BCUT2D eigenvalue weighted by atomic mass is 9.89. The summed E-state index contributed by atoms with van der Waals surface area (Å²) in [6.07, 6.45) is 3.46. The average molecular weight is 319 g/mol. The van der Waals surface area contributed by atoms with Crippen LogP contribution >= 0.6 is 0 Å². The molecule has 2 aromatic rings. The minimum Gasteiger partial charge on any atom is -0.477 e. The predicted molar refractivity (Wildman–Crippen MR) is 94.2 cm³/mol. The van der Waals surface area contributed by atoms with Gasteiger partial charge in [-0.2, -0.15) is 0 Å². The van der Waals surface area contributed by atoms with Crippen LogP contribution in [0.3, 0.4) is 0 Å². The van der Waals surface area contributed by atoms with Crippen LogP contribution in [0, 0.1) is 0 Å². The molecule has 1 spiro atoms. The van der Waals surface area contributed by atoms with E-state index in [0.29, 0.717) is 12.3 Å². The number of benzene rings is 2. The number of piperidine rings is 1. The van der Waals surface area contributed by atoms with Gasteiger partial charge in [0, 0.05) is 24.7 Å². The predicted octanol–water partition coefficient (Wildman–Crippen LogP) is 3.66. The Morgan fingerprint density at radius 1 is 1.00 bits per heavy atom. The molecule has 2 heterocycles. The first kappa shape index (κ1) is 15.2. The highest BCUT2D eigenvalue weighted by atomic mass is 16.5. The first-order valence-electron chi connectivity index (χ1n) is 8.52. The van der Waals surface area contributed by atoms with Crippen molar-refractivity contribution in [3.05, 3.63) is 77.9 Å². The molecule has 2 aliphatic heterocycles. The summed E-state index contributed by atoms with van der Waals surface area (Å²) in [4.78, 5) is 15.0. The van der Waals surface area contributed by atoms with Gasteiger partial charge in [-0.05, 0) is 24.9 Å². The Bertz CT molecular complexity index is 754. The van der Waals surface area contributed by atoms with Gasteiger partial charge in [-0.1, -0.05) is 60.7 Å². The van der Waals surface area contributed by atoms with Crippen molar-refractivity contribution in [3.63, 3.8) is 0 Å². The van der Waals surface area contributed by atoms with Crippen LogP contribution in [-0.4, -0.2) is 29.4 Å². The van der Waals surface area contributed by atoms with Gasteiger partial charge in [0.25, 0.3) is 0 Å². The van der Waals surface area contributed by atoms with Gasteiger partial charge in [-0.25, -0.2) is 0 Å². The van der Waals surface area contributed by atoms with E-state index in [1.54, 1.807) is 6.08 Å². The Kier molecular flexibility index (Phi) is 3.95. The molecule has 0 aliphatic carbocycles. The molecule has 3 nitrogen and oxygen atoms in total. The molecule has 1 fully saturated rings. The van der Waals surface area contributed by atoms with Crippen molar-refractivity contribution in [3.8, 4) is 0 Å². The van der Waals surface area contributed by atoms with Gasteiger partial charge in [0.1, 0.15) is 5.76 Å². The summed E-state index contributed by atoms with van der Waals surface area (Å²) in [6, 6.07) is 20.3. The van der Waals surface area contributed by atoms with E-state index in [2.05, 4.69) is 29.2 Å². The smallest absolute Gasteiger partial charge is 0.204 e. The molecule has 1 saturated heterocycles. The van der Waals surface area contributed by atoms with Crippen LogP contribution in [0.5, 0.6) is 0 Å². The fraction of sp³-hybridized carbons (Fsp3) is 0.286. The van der Waals surface area contributed by atoms with E-state index in [4.69, 9.17) is 4.74 Å². The van der Waals surface area contributed by atoms with E-state index in [1.807, 2.05) is 36.4 Å². The van der Waals surface area contributed by atoms with Crippen molar-refractivity contribution in [1.82, 2.24) is 4.90 Å². The number of ether oxygens (including phenoxy) is 1. The highest BCUT2D eigenvalue weighted by Crippen LogP contribution is 2.37. The normalized spacial score (nSPS) is 24.0. The van der Waals surface area contributed by atoms with Gasteiger partial charge in [-0.15, -0.1) is 0 Å². The summed E-state index contributed by atoms with van der Waals surface area (Å²) < 4.78 is 6.23. The molecule has 2 aliphatic rings. The Morgan fingerprint density at radius 2 is 1.71 bits per heavy atom. The summed E-state index contributed by atoms with van der Waals surface area (Å²) in [5.41, 5.74) is 1.55. The molecule has 122 valence electrons. The standard InChI is InChI=1S/C21H21NO2/c23-20-14-19(18-10-5-2-6-11-18)24-21(20)12-7-13-22(16-21)15-17-8-3-1-4-9-17/h1-6,8-11,14H,7,12-13,15-16H2. The van der Waals surface area contributed by atoms with E-state index < -0.39 is 5.60 Å². The molecular formula is C21H21NO2. The van der Waals surface area contributed by atoms with Gasteiger partial charge < -0.3 is 4.74 Å². The lowest BCUT2D eigenvalue weighted by Crippen LogP contribution is -2.51. The molecule has 1 unspecified atom stereocenters. The first-order valence-corrected chi connectivity index (χ1v) is 8.52. The van der Waals surface area contributed by atoms with E-state index in [0.717, 1.165) is 31.5 Å². The molecule has 2 aromatic carbocycles. The average Bonchev–Trinajstić information content (AvgIpc) is 2.93. The zero-order valence-corrected chi connectivity index (χ0v) is 13.7.